The summed E-state index contributed by atoms with van der Waals surface area (Å²) in [5.74, 6) is -1.55. The van der Waals surface area contributed by atoms with E-state index in [0.717, 1.165) is 13.1 Å². The number of carbonyl (C=O) groups excluding carboxylic acids is 2. The van der Waals surface area contributed by atoms with Gasteiger partial charge in [-0.25, -0.2) is 0 Å². The van der Waals surface area contributed by atoms with Gasteiger partial charge >= 0.3 is 0 Å². The van der Waals surface area contributed by atoms with Crippen molar-refractivity contribution in [2.75, 3.05) is 26.2 Å². The molecule has 0 radical (unpaired) electrons. The molecule has 158 valence electrons. The molecular weight excluding hydrogens is 423 g/mol. The number of likely N-dealkylation sites (tertiary alicyclic amines) is 1. The lowest BCUT2D eigenvalue weighted by Gasteiger charge is -2.28. The first-order valence-electron chi connectivity index (χ1n) is 9.89. The zero-order valence-electron chi connectivity index (χ0n) is 16.9. The monoisotopic (exact) mass is 446 g/mol. The molecule has 2 aromatic carbocycles. The zero-order valence-corrected chi connectivity index (χ0v) is 18.5. The lowest BCUT2D eigenvalue weighted by atomic mass is 9.95. The standard InChI is InChI=1S/C23H24Cl2N2O3/c1-3-26(4-2)12-13-27-20(16-6-5-7-18(25)14-16)19(22(29)23(27)30)21(28)15-8-10-17(24)11-9-15/h5-11,14,20,28H,3-4,12-13H2,1-2H3/t20-/m1/s1. The summed E-state index contributed by atoms with van der Waals surface area (Å²) in [6.07, 6.45) is 0. The minimum atomic E-state index is -0.713. The summed E-state index contributed by atoms with van der Waals surface area (Å²) < 4.78 is 0. The van der Waals surface area contributed by atoms with E-state index in [9.17, 15) is 14.7 Å². The van der Waals surface area contributed by atoms with Crippen LogP contribution in [0.25, 0.3) is 5.76 Å². The molecule has 5 nitrogen and oxygen atoms in total. The second-order valence-corrected chi connectivity index (χ2v) is 7.95. The van der Waals surface area contributed by atoms with Crippen molar-refractivity contribution in [1.29, 1.82) is 0 Å². The van der Waals surface area contributed by atoms with Crippen LogP contribution in [0.2, 0.25) is 10.0 Å². The average molecular weight is 447 g/mol. The number of hydrogen-bond donors (Lipinski definition) is 1. The van der Waals surface area contributed by atoms with E-state index < -0.39 is 17.7 Å². The Morgan fingerprint density at radius 3 is 2.30 bits per heavy atom. The van der Waals surface area contributed by atoms with Crippen LogP contribution in [0.15, 0.2) is 54.1 Å². The molecule has 0 spiro atoms. The number of rotatable bonds is 7. The maximum Gasteiger partial charge on any atom is 0.295 e. The number of hydrogen-bond acceptors (Lipinski definition) is 4. The molecule has 0 saturated carbocycles. The van der Waals surface area contributed by atoms with Gasteiger partial charge in [-0.3, -0.25) is 9.59 Å². The van der Waals surface area contributed by atoms with Crippen molar-refractivity contribution in [3.8, 4) is 0 Å². The molecule has 30 heavy (non-hydrogen) atoms. The smallest absolute Gasteiger partial charge is 0.295 e. The van der Waals surface area contributed by atoms with Crippen molar-refractivity contribution in [2.45, 2.75) is 19.9 Å². The Bertz CT molecular complexity index is 969. The highest BCUT2D eigenvalue weighted by Crippen LogP contribution is 2.39. The first kappa shape index (κ1) is 22.3. The van der Waals surface area contributed by atoms with Crippen LogP contribution in [-0.4, -0.2) is 52.8 Å². The Kier molecular flexibility index (Phi) is 7.19. The van der Waals surface area contributed by atoms with Crippen molar-refractivity contribution < 1.29 is 14.7 Å². The molecule has 3 rings (SSSR count). The predicted octanol–water partition coefficient (Wildman–Crippen LogP) is 4.76. The fourth-order valence-electron chi connectivity index (χ4n) is 3.69. The van der Waals surface area contributed by atoms with E-state index >= 15 is 0 Å². The third kappa shape index (κ3) is 4.53. The highest BCUT2D eigenvalue weighted by Gasteiger charge is 2.46. The molecule has 1 N–H and O–H groups in total. The molecule has 1 atom stereocenters. The number of aliphatic hydroxyl groups excluding tert-OH is 1. The number of ketones is 1. The maximum absolute atomic E-state index is 13.0. The normalized spacial score (nSPS) is 18.4. The molecule has 0 unspecified atom stereocenters. The molecule has 1 aliphatic rings. The highest BCUT2D eigenvalue weighted by molar-refractivity contribution is 6.46. The van der Waals surface area contributed by atoms with Crippen molar-refractivity contribution in [3.63, 3.8) is 0 Å². The summed E-state index contributed by atoms with van der Waals surface area (Å²) in [5.41, 5.74) is 1.16. The van der Waals surface area contributed by atoms with Crippen molar-refractivity contribution in [3.05, 3.63) is 75.3 Å². The Hall–Kier alpha value is -2.34. The van der Waals surface area contributed by atoms with Gasteiger partial charge in [0.1, 0.15) is 5.76 Å². The molecule has 1 aliphatic heterocycles. The minimum Gasteiger partial charge on any atom is -0.507 e. The van der Waals surface area contributed by atoms with Crippen LogP contribution in [0, 0.1) is 0 Å². The third-order valence-corrected chi connectivity index (χ3v) is 5.86. The number of carbonyl (C=O) groups is 2. The van der Waals surface area contributed by atoms with Gasteiger partial charge in [0.15, 0.2) is 0 Å². The molecule has 0 bridgehead atoms. The van der Waals surface area contributed by atoms with Crippen molar-refractivity contribution >= 4 is 40.7 Å². The van der Waals surface area contributed by atoms with Crippen molar-refractivity contribution in [2.24, 2.45) is 0 Å². The van der Waals surface area contributed by atoms with Gasteiger partial charge in [-0.05, 0) is 55.1 Å². The molecule has 1 amide bonds. The summed E-state index contributed by atoms with van der Waals surface area (Å²) in [4.78, 5) is 29.6. The van der Waals surface area contributed by atoms with E-state index in [1.165, 1.54) is 4.90 Å². The van der Waals surface area contributed by atoms with Gasteiger partial charge in [-0.15, -0.1) is 0 Å². The van der Waals surface area contributed by atoms with Crippen molar-refractivity contribution in [1.82, 2.24) is 9.80 Å². The summed E-state index contributed by atoms with van der Waals surface area (Å²) >= 11 is 12.1. The molecule has 0 aromatic heterocycles. The molecule has 7 heteroatoms. The van der Waals surface area contributed by atoms with E-state index in [1.807, 2.05) is 19.9 Å². The van der Waals surface area contributed by atoms with Crippen LogP contribution in [0.3, 0.4) is 0 Å². The van der Waals surface area contributed by atoms with E-state index in [0.29, 0.717) is 34.3 Å². The first-order valence-corrected chi connectivity index (χ1v) is 10.6. The van der Waals surface area contributed by atoms with Crippen LogP contribution in [0.5, 0.6) is 0 Å². The molecule has 0 aliphatic carbocycles. The maximum atomic E-state index is 13.0. The lowest BCUT2D eigenvalue weighted by Crippen LogP contribution is -2.38. The van der Waals surface area contributed by atoms with E-state index in [1.54, 1.807) is 42.5 Å². The highest BCUT2D eigenvalue weighted by atomic mass is 35.5. The summed E-state index contributed by atoms with van der Waals surface area (Å²) in [6, 6.07) is 12.8. The number of benzene rings is 2. The van der Waals surface area contributed by atoms with E-state index in [-0.39, 0.29) is 11.3 Å². The van der Waals surface area contributed by atoms with Gasteiger partial charge in [0.2, 0.25) is 0 Å². The van der Waals surface area contributed by atoms with Gasteiger partial charge in [0.25, 0.3) is 11.7 Å². The largest absolute Gasteiger partial charge is 0.507 e. The average Bonchev–Trinajstić information content (AvgIpc) is 2.99. The van der Waals surface area contributed by atoms with E-state index in [4.69, 9.17) is 23.2 Å². The number of halogens is 2. The van der Waals surface area contributed by atoms with E-state index in [2.05, 4.69) is 4.90 Å². The van der Waals surface area contributed by atoms with Crippen LogP contribution in [-0.2, 0) is 9.59 Å². The molecule has 2 aromatic rings. The third-order valence-electron chi connectivity index (χ3n) is 5.37. The number of Topliss-reactive ketones (excluding diaryl/α,β-unsaturated/α-hetero) is 1. The Labute approximate surface area is 186 Å². The fraction of sp³-hybridized carbons (Fsp3) is 0.304. The number of amides is 1. The zero-order chi connectivity index (χ0) is 21.8. The Balaban J connectivity index is 2.09. The first-order chi connectivity index (χ1) is 14.4. The number of nitrogens with zero attached hydrogens (tertiary/aromatic N) is 2. The number of aliphatic hydroxyl groups is 1. The van der Waals surface area contributed by atoms with Crippen LogP contribution in [0.1, 0.15) is 31.0 Å². The summed E-state index contributed by atoms with van der Waals surface area (Å²) in [6.45, 7) is 6.76. The van der Waals surface area contributed by atoms with Gasteiger partial charge < -0.3 is 14.9 Å². The number of likely N-dealkylation sites (N-methyl/N-ethyl adjacent to an activating group) is 1. The molecular formula is C23H24Cl2N2O3. The topological polar surface area (TPSA) is 60.9 Å². The molecule has 1 saturated heterocycles. The van der Waals surface area contributed by atoms with Crippen LogP contribution >= 0.6 is 23.2 Å². The van der Waals surface area contributed by atoms with Gasteiger partial charge in [-0.2, -0.15) is 0 Å². The van der Waals surface area contributed by atoms with Gasteiger partial charge in [-0.1, -0.05) is 49.2 Å². The summed E-state index contributed by atoms with van der Waals surface area (Å²) in [5, 5.41) is 12.0. The molecule has 1 fully saturated rings. The SMILES string of the molecule is CCN(CC)CCN1C(=O)C(=O)C(=C(O)c2ccc(Cl)cc2)[C@H]1c1cccc(Cl)c1. The van der Waals surface area contributed by atoms with Crippen LogP contribution < -0.4 is 0 Å². The van der Waals surface area contributed by atoms with Gasteiger partial charge in [0.05, 0.1) is 11.6 Å². The quantitative estimate of drug-likeness (QED) is 0.378. The summed E-state index contributed by atoms with van der Waals surface area (Å²) in [7, 11) is 0. The minimum absolute atomic E-state index is 0.0594. The fourth-order valence-corrected chi connectivity index (χ4v) is 4.01. The second-order valence-electron chi connectivity index (χ2n) is 7.08. The second kappa shape index (κ2) is 9.65. The predicted molar refractivity (Wildman–Crippen MR) is 120 cm³/mol. The van der Waals surface area contributed by atoms with Gasteiger partial charge in [0, 0.05) is 28.7 Å². The molecule has 1 heterocycles. The lowest BCUT2D eigenvalue weighted by molar-refractivity contribution is -0.140. The Morgan fingerprint density at radius 1 is 1.03 bits per heavy atom. The Morgan fingerprint density at radius 2 is 1.70 bits per heavy atom. The van der Waals surface area contributed by atoms with Crippen LogP contribution in [0.4, 0.5) is 0 Å².